The van der Waals surface area contributed by atoms with Gasteiger partial charge in [0.1, 0.15) is 11.9 Å². The van der Waals surface area contributed by atoms with Gasteiger partial charge in [-0.1, -0.05) is 52.4 Å². The summed E-state index contributed by atoms with van der Waals surface area (Å²) in [5, 5.41) is 0. The van der Waals surface area contributed by atoms with Crippen LogP contribution in [0.25, 0.3) is 11.4 Å². The lowest BCUT2D eigenvalue weighted by Gasteiger charge is -2.11. The number of nitrogens with zero attached hydrogens (tertiary/aromatic N) is 2. The maximum atomic E-state index is 6.00. The van der Waals surface area contributed by atoms with Gasteiger partial charge in [0, 0.05) is 24.9 Å². The zero-order valence-electron chi connectivity index (χ0n) is 17.6. The number of aryl methyl sites for hydroxylation is 1. The lowest BCUT2D eigenvalue weighted by molar-refractivity contribution is 0.0803. The van der Waals surface area contributed by atoms with Crippen LogP contribution in [0.15, 0.2) is 36.7 Å². The van der Waals surface area contributed by atoms with Crippen LogP contribution >= 0.6 is 0 Å². The first-order valence-electron chi connectivity index (χ1n) is 10.9. The highest BCUT2D eigenvalue weighted by Crippen LogP contribution is 2.41. The van der Waals surface area contributed by atoms with Crippen molar-refractivity contribution in [3.63, 3.8) is 0 Å². The smallest absolute Gasteiger partial charge is 0.234 e. The maximum Gasteiger partial charge on any atom is 0.234 e. The zero-order chi connectivity index (χ0) is 19.8. The minimum atomic E-state index is -0.466. The van der Waals surface area contributed by atoms with Gasteiger partial charge in [0.15, 0.2) is 5.82 Å². The topological polar surface area (TPSA) is 47.5 Å². The number of hydrogen-bond acceptors (Lipinski definition) is 4. The van der Waals surface area contributed by atoms with Gasteiger partial charge in [-0.3, -0.25) is 0 Å². The Morgan fingerprint density at radius 3 is 2.29 bits per heavy atom. The molecule has 0 saturated carbocycles. The van der Waals surface area contributed by atoms with E-state index in [1.807, 2.05) is 43.6 Å². The molecule has 1 saturated heterocycles. The highest BCUT2D eigenvalue weighted by atomic mass is 16.8. The van der Waals surface area contributed by atoms with Crippen LogP contribution in [-0.2, 0) is 11.2 Å². The van der Waals surface area contributed by atoms with Gasteiger partial charge in [-0.25, -0.2) is 9.97 Å². The molecule has 4 heteroatoms. The normalized spacial score (nSPS) is 20.9. The van der Waals surface area contributed by atoms with E-state index >= 15 is 0 Å². The summed E-state index contributed by atoms with van der Waals surface area (Å²) in [6, 6.07) is 7.97. The Labute approximate surface area is 169 Å². The number of aromatic nitrogens is 2. The van der Waals surface area contributed by atoms with Crippen molar-refractivity contribution < 1.29 is 9.47 Å². The molecule has 4 nitrogen and oxygen atoms in total. The quantitative estimate of drug-likeness (QED) is 0.317. The van der Waals surface area contributed by atoms with Crippen molar-refractivity contribution in [1.29, 1.82) is 0 Å². The van der Waals surface area contributed by atoms with E-state index in [0.29, 0.717) is 0 Å². The van der Waals surface area contributed by atoms with Gasteiger partial charge >= 0.3 is 0 Å². The van der Waals surface area contributed by atoms with E-state index < -0.39 is 5.79 Å². The van der Waals surface area contributed by atoms with Crippen molar-refractivity contribution in [1.82, 2.24) is 9.97 Å². The lowest BCUT2D eigenvalue weighted by atomic mass is 10.1. The molecule has 152 valence electrons. The average molecular weight is 383 g/mol. The van der Waals surface area contributed by atoms with Crippen LogP contribution in [0.2, 0.25) is 0 Å². The Balaban J connectivity index is 1.47. The number of benzene rings is 1. The van der Waals surface area contributed by atoms with Crippen LogP contribution < -0.4 is 4.74 Å². The molecule has 0 unspecified atom stereocenters. The van der Waals surface area contributed by atoms with Crippen molar-refractivity contribution in [2.45, 2.75) is 90.4 Å². The van der Waals surface area contributed by atoms with E-state index in [0.717, 1.165) is 36.4 Å². The molecule has 1 aliphatic heterocycles. The summed E-state index contributed by atoms with van der Waals surface area (Å²) in [7, 11) is 0. The summed E-state index contributed by atoms with van der Waals surface area (Å²) in [5.74, 6) is 1.12. The molecule has 28 heavy (non-hydrogen) atoms. The van der Waals surface area contributed by atoms with Crippen molar-refractivity contribution in [3.05, 3.63) is 42.2 Å². The van der Waals surface area contributed by atoms with Gasteiger partial charge in [-0.2, -0.15) is 0 Å². The maximum absolute atomic E-state index is 6.00. The predicted octanol–water partition coefficient (Wildman–Crippen LogP) is 6.34. The van der Waals surface area contributed by atoms with Gasteiger partial charge in [0.2, 0.25) is 5.79 Å². The molecular formula is C24H34N2O2. The first-order chi connectivity index (χ1) is 13.6. The molecule has 3 rings (SSSR count). The molecular weight excluding hydrogens is 348 g/mol. The Kier molecular flexibility index (Phi) is 7.43. The van der Waals surface area contributed by atoms with Crippen LogP contribution in [0.5, 0.6) is 5.75 Å². The van der Waals surface area contributed by atoms with Gasteiger partial charge in [-0.15, -0.1) is 0 Å². The minimum absolute atomic E-state index is 0.208. The number of ether oxygens (including phenoxy) is 2. The highest BCUT2D eigenvalue weighted by molar-refractivity contribution is 5.56. The Bertz CT molecular complexity index is 714. The molecule has 1 aliphatic rings. The second-order valence-corrected chi connectivity index (χ2v) is 7.97. The summed E-state index contributed by atoms with van der Waals surface area (Å²) >= 11 is 0. The van der Waals surface area contributed by atoms with E-state index in [2.05, 4.69) is 23.8 Å². The molecule has 2 heterocycles. The molecule has 2 aromatic rings. The van der Waals surface area contributed by atoms with E-state index in [1.54, 1.807) is 0 Å². The fourth-order valence-corrected chi connectivity index (χ4v) is 3.57. The minimum Gasteiger partial charge on any atom is -0.460 e. The Hall–Kier alpha value is -1.94. The van der Waals surface area contributed by atoms with Gasteiger partial charge < -0.3 is 9.47 Å². The predicted molar refractivity (Wildman–Crippen MR) is 113 cm³/mol. The van der Waals surface area contributed by atoms with Crippen LogP contribution in [0.3, 0.4) is 0 Å². The monoisotopic (exact) mass is 382 g/mol. The molecule has 2 atom stereocenters. The summed E-state index contributed by atoms with van der Waals surface area (Å²) in [4.78, 5) is 9.11. The number of hydrogen-bond donors (Lipinski definition) is 0. The number of unbranched alkanes of at least 4 members (excludes halogenated alkanes) is 5. The average Bonchev–Trinajstić information content (AvgIpc) is 3.34. The van der Waals surface area contributed by atoms with Crippen molar-refractivity contribution >= 4 is 0 Å². The third kappa shape index (κ3) is 5.78. The summed E-state index contributed by atoms with van der Waals surface area (Å²) in [5.41, 5.74) is 2.23. The standard InChI is InChI=1S/C24H34N2O2/c1-4-6-7-8-9-10-12-19-17-25-23(26-18-19)20-13-15-21(16-14-20)27-24(3)22(28-24)11-5-2/h13-18,22H,4-12H2,1-3H3/t22-,24+/m0/s1. The van der Waals surface area contributed by atoms with Crippen molar-refractivity contribution in [2.24, 2.45) is 0 Å². The van der Waals surface area contributed by atoms with Gasteiger partial charge in [0.25, 0.3) is 0 Å². The second kappa shape index (κ2) is 10.0. The second-order valence-electron chi connectivity index (χ2n) is 7.97. The van der Waals surface area contributed by atoms with E-state index in [1.165, 1.54) is 44.1 Å². The molecule has 0 amide bonds. The first kappa shape index (κ1) is 20.8. The fraction of sp³-hybridized carbons (Fsp3) is 0.583. The largest absolute Gasteiger partial charge is 0.460 e. The van der Waals surface area contributed by atoms with E-state index in [-0.39, 0.29) is 6.10 Å². The van der Waals surface area contributed by atoms with Crippen LogP contribution in [-0.4, -0.2) is 21.9 Å². The molecule has 1 aromatic heterocycles. The SMILES string of the molecule is CCCCCCCCc1cnc(-c2ccc(O[C@]3(C)O[C@H]3CCC)cc2)nc1. The van der Waals surface area contributed by atoms with Gasteiger partial charge in [0.05, 0.1) is 0 Å². The molecule has 0 N–H and O–H groups in total. The Morgan fingerprint density at radius 1 is 0.929 bits per heavy atom. The van der Waals surface area contributed by atoms with E-state index in [9.17, 15) is 0 Å². The van der Waals surface area contributed by atoms with Crippen molar-refractivity contribution in [2.75, 3.05) is 0 Å². The lowest BCUT2D eigenvalue weighted by Crippen LogP contribution is -2.18. The molecule has 0 spiro atoms. The highest BCUT2D eigenvalue weighted by Gasteiger charge is 2.54. The molecule has 1 fully saturated rings. The fourth-order valence-electron chi connectivity index (χ4n) is 3.57. The summed E-state index contributed by atoms with van der Waals surface area (Å²) < 4.78 is 11.7. The zero-order valence-corrected chi connectivity index (χ0v) is 17.6. The third-order valence-electron chi connectivity index (χ3n) is 5.41. The Morgan fingerprint density at radius 2 is 1.61 bits per heavy atom. The van der Waals surface area contributed by atoms with Crippen molar-refractivity contribution in [3.8, 4) is 17.1 Å². The van der Waals surface area contributed by atoms with E-state index in [4.69, 9.17) is 9.47 Å². The molecule has 0 aliphatic carbocycles. The molecule has 0 bridgehead atoms. The number of rotatable bonds is 12. The number of epoxide rings is 1. The third-order valence-corrected chi connectivity index (χ3v) is 5.41. The summed E-state index contributed by atoms with van der Waals surface area (Å²) in [6.07, 6.45) is 15.2. The van der Waals surface area contributed by atoms with Crippen LogP contribution in [0.1, 0.15) is 77.7 Å². The molecule has 0 radical (unpaired) electrons. The first-order valence-corrected chi connectivity index (χ1v) is 10.9. The summed E-state index contributed by atoms with van der Waals surface area (Å²) in [6.45, 7) is 6.42. The van der Waals surface area contributed by atoms with Crippen LogP contribution in [0.4, 0.5) is 0 Å². The van der Waals surface area contributed by atoms with Gasteiger partial charge in [-0.05, 0) is 49.1 Å². The van der Waals surface area contributed by atoms with Crippen LogP contribution in [0, 0.1) is 0 Å². The molecule has 1 aromatic carbocycles.